The van der Waals surface area contributed by atoms with Gasteiger partial charge in [0.2, 0.25) is 5.91 Å². The maximum atomic E-state index is 11.7. The van der Waals surface area contributed by atoms with E-state index in [2.05, 4.69) is 65.0 Å². The summed E-state index contributed by atoms with van der Waals surface area (Å²) in [7, 11) is 0. The second kappa shape index (κ2) is 5.98. The number of fused-ring (bicyclic) bond motifs is 4. The number of nitrogens with one attached hydrogen (secondary N) is 3. The van der Waals surface area contributed by atoms with Crippen LogP contribution in [0.15, 0.2) is 42.1 Å². The second-order valence-electron chi connectivity index (χ2n) is 7.44. The molecule has 0 spiro atoms. The lowest BCUT2D eigenvalue weighted by molar-refractivity contribution is -0.115. The molecule has 5 nitrogen and oxygen atoms in total. The number of amides is 1. The Labute approximate surface area is 157 Å². The zero-order valence-corrected chi connectivity index (χ0v) is 15.5. The van der Waals surface area contributed by atoms with Crippen molar-refractivity contribution in [3.63, 3.8) is 0 Å². The van der Waals surface area contributed by atoms with Gasteiger partial charge in [0.1, 0.15) is 0 Å². The van der Waals surface area contributed by atoms with Crippen LogP contribution in [-0.4, -0.2) is 16.1 Å². The van der Waals surface area contributed by atoms with Crippen LogP contribution >= 0.6 is 0 Å². The molecule has 0 aliphatic carbocycles. The van der Waals surface area contributed by atoms with Gasteiger partial charge in [0.05, 0.1) is 24.2 Å². The lowest BCUT2D eigenvalue weighted by atomic mass is 9.83. The molecule has 0 radical (unpaired) electrons. The van der Waals surface area contributed by atoms with E-state index in [1.165, 1.54) is 22.3 Å². The van der Waals surface area contributed by atoms with Gasteiger partial charge < -0.3 is 10.6 Å². The molecule has 27 heavy (non-hydrogen) atoms. The predicted molar refractivity (Wildman–Crippen MR) is 109 cm³/mol. The summed E-state index contributed by atoms with van der Waals surface area (Å²) >= 11 is 0. The standard InChI is InChI=1S/C22H22N4O/c1-3-4-15-12(2)21-16-11-23-26-17(16)7-8-18(21)25-22(15)14-6-5-13-10-20(27)24-19(13)9-14/h5-9,11,22,25H,3-4,10H2,1-2H3,(H,23,26)(H,24,27). The molecule has 1 aromatic heterocycles. The van der Waals surface area contributed by atoms with E-state index in [0.29, 0.717) is 6.42 Å². The Kier molecular flexibility index (Phi) is 3.57. The highest BCUT2D eigenvalue weighted by atomic mass is 16.1. The Morgan fingerprint density at radius 1 is 1.19 bits per heavy atom. The minimum absolute atomic E-state index is 0.0759. The van der Waals surface area contributed by atoms with Gasteiger partial charge in [0.25, 0.3) is 0 Å². The number of rotatable bonds is 3. The van der Waals surface area contributed by atoms with Crippen molar-refractivity contribution in [2.45, 2.75) is 39.2 Å². The molecule has 3 aromatic rings. The van der Waals surface area contributed by atoms with Crippen LogP contribution in [0, 0.1) is 0 Å². The average molecular weight is 358 g/mol. The van der Waals surface area contributed by atoms with Gasteiger partial charge in [-0.3, -0.25) is 9.89 Å². The van der Waals surface area contributed by atoms with Crippen LogP contribution in [0.1, 0.15) is 49.4 Å². The van der Waals surface area contributed by atoms with Gasteiger partial charge >= 0.3 is 0 Å². The molecular formula is C22H22N4O. The van der Waals surface area contributed by atoms with Gasteiger partial charge in [-0.15, -0.1) is 0 Å². The number of allylic oxidation sites excluding steroid dienone is 1. The van der Waals surface area contributed by atoms with E-state index in [0.717, 1.165) is 40.7 Å². The summed E-state index contributed by atoms with van der Waals surface area (Å²) in [6.45, 7) is 4.44. The summed E-state index contributed by atoms with van der Waals surface area (Å²) in [4.78, 5) is 11.7. The first-order valence-corrected chi connectivity index (χ1v) is 9.51. The molecule has 0 saturated heterocycles. The predicted octanol–water partition coefficient (Wildman–Crippen LogP) is 4.80. The van der Waals surface area contributed by atoms with Crippen molar-refractivity contribution in [3.05, 3.63) is 58.8 Å². The van der Waals surface area contributed by atoms with Crippen LogP contribution in [0.5, 0.6) is 0 Å². The van der Waals surface area contributed by atoms with E-state index in [9.17, 15) is 4.79 Å². The SMILES string of the molecule is CCCC1=C(C)c2c(ccc3[nH]ncc23)NC1c1ccc2c(c1)NC(=O)C2. The Hall–Kier alpha value is -3.08. The van der Waals surface area contributed by atoms with Gasteiger partial charge in [-0.2, -0.15) is 5.10 Å². The Bertz CT molecular complexity index is 1110. The molecule has 3 N–H and O–H groups in total. The second-order valence-corrected chi connectivity index (χ2v) is 7.44. The molecule has 1 atom stereocenters. The Morgan fingerprint density at radius 2 is 2.07 bits per heavy atom. The highest BCUT2D eigenvalue weighted by Gasteiger charge is 2.28. The van der Waals surface area contributed by atoms with E-state index in [-0.39, 0.29) is 11.9 Å². The molecule has 1 amide bonds. The number of nitrogens with zero attached hydrogens (tertiary/aromatic N) is 1. The first-order valence-electron chi connectivity index (χ1n) is 9.51. The van der Waals surface area contributed by atoms with Crippen molar-refractivity contribution in [1.82, 2.24) is 10.2 Å². The fourth-order valence-corrected chi connectivity index (χ4v) is 4.46. The van der Waals surface area contributed by atoms with Crippen LogP contribution in [-0.2, 0) is 11.2 Å². The summed E-state index contributed by atoms with van der Waals surface area (Å²) in [5.41, 5.74) is 9.39. The lowest BCUT2D eigenvalue weighted by Crippen LogP contribution is -2.20. The zero-order valence-electron chi connectivity index (χ0n) is 15.5. The summed E-state index contributed by atoms with van der Waals surface area (Å²) in [5, 5.41) is 15.2. The number of carbonyl (C=O) groups excluding carboxylic acids is 1. The van der Waals surface area contributed by atoms with Gasteiger partial charge in [-0.05, 0) is 53.8 Å². The lowest BCUT2D eigenvalue weighted by Gasteiger charge is -2.32. The van der Waals surface area contributed by atoms with Crippen LogP contribution in [0.4, 0.5) is 11.4 Å². The third-order valence-electron chi connectivity index (χ3n) is 5.74. The number of aromatic nitrogens is 2. The summed E-state index contributed by atoms with van der Waals surface area (Å²) in [6, 6.07) is 10.7. The highest BCUT2D eigenvalue weighted by Crippen LogP contribution is 2.45. The number of H-pyrrole nitrogens is 1. The third-order valence-corrected chi connectivity index (χ3v) is 5.74. The summed E-state index contributed by atoms with van der Waals surface area (Å²) in [6.07, 6.45) is 4.50. The number of carbonyl (C=O) groups is 1. The van der Waals surface area contributed by atoms with Crippen molar-refractivity contribution in [2.24, 2.45) is 0 Å². The topological polar surface area (TPSA) is 69.8 Å². The van der Waals surface area contributed by atoms with Crippen LogP contribution in [0.3, 0.4) is 0 Å². The van der Waals surface area contributed by atoms with Gasteiger partial charge in [0, 0.05) is 22.3 Å². The third kappa shape index (κ3) is 2.46. The molecule has 5 heteroatoms. The molecule has 2 aromatic carbocycles. The first-order chi connectivity index (χ1) is 13.2. The molecule has 2 aliphatic rings. The average Bonchev–Trinajstić information content (AvgIpc) is 3.28. The molecule has 136 valence electrons. The quantitative estimate of drug-likeness (QED) is 0.630. The number of anilines is 2. The van der Waals surface area contributed by atoms with Gasteiger partial charge in [0.15, 0.2) is 0 Å². The molecule has 2 aliphatic heterocycles. The normalized spacial score (nSPS) is 18.3. The molecular weight excluding hydrogens is 336 g/mol. The Balaban J connectivity index is 1.65. The number of aromatic amines is 1. The zero-order chi connectivity index (χ0) is 18.5. The summed E-state index contributed by atoms with van der Waals surface area (Å²) < 4.78 is 0. The maximum Gasteiger partial charge on any atom is 0.228 e. The fourth-order valence-electron chi connectivity index (χ4n) is 4.46. The van der Waals surface area contributed by atoms with Crippen LogP contribution in [0.2, 0.25) is 0 Å². The van der Waals surface area contributed by atoms with Crippen molar-refractivity contribution in [3.8, 4) is 0 Å². The van der Waals surface area contributed by atoms with Crippen LogP contribution in [0.25, 0.3) is 16.5 Å². The van der Waals surface area contributed by atoms with E-state index in [4.69, 9.17) is 0 Å². The van der Waals surface area contributed by atoms with E-state index < -0.39 is 0 Å². The van der Waals surface area contributed by atoms with Crippen molar-refractivity contribution in [2.75, 3.05) is 10.6 Å². The van der Waals surface area contributed by atoms with Crippen LogP contribution < -0.4 is 10.6 Å². The molecule has 0 saturated carbocycles. The van der Waals surface area contributed by atoms with E-state index >= 15 is 0 Å². The van der Waals surface area contributed by atoms with E-state index in [1.54, 1.807) is 0 Å². The van der Waals surface area contributed by atoms with Crippen molar-refractivity contribution >= 4 is 33.8 Å². The van der Waals surface area contributed by atoms with Gasteiger partial charge in [-0.1, -0.05) is 25.5 Å². The van der Waals surface area contributed by atoms with Crippen molar-refractivity contribution in [1.29, 1.82) is 0 Å². The molecule has 0 fully saturated rings. The largest absolute Gasteiger partial charge is 0.374 e. The number of hydrogen-bond donors (Lipinski definition) is 3. The number of hydrogen-bond acceptors (Lipinski definition) is 3. The monoisotopic (exact) mass is 358 g/mol. The van der Waals surface area contributed by atoms with E-state index in [1.807, 2.05) is 6.20 Å². The molecule has 1 unspecified atom stereocenters. The summed E-state index contributed by atoms with van der Waals surface area (Å²) in [5.74, 6) is 0.0759. The fraction of sp³-hybridized carbons (Fsp3) is 0.273. The van der Waals surface area contributed by atoms with Crippen molar-refractivity contribution < 1.29 is 4.79 Å². The Morgan fingerprint density at radius 3 is 2.93 bits per heavy atom. The minimum Gasteiger partial charge on any atom is -0.374 e. The highest BCUT2D eigenvalue weighted by molar-refractivity contribution is 6.00. The molecule has 0 bridgehead atoms. The molecule has 3 heterocycles. The minimum atomic E-state index is 0.0759. The maximum absolute atomic E-state index is 11.7. The number of benzene rings is 2. The van der Waals surface area contributed by atoms with Gasteiger partial charge in [-0.25, -0.2) is 0 Å². The smallest absolute Gasteiger partial charge is 0.228 e. The first kappa shape index (κ1) is 16.1. The molecule has 5 rings (SSSR count).